The molecule has 2 rings (SSSR count). The second-order valence-electron chi connectivity index (χ2n) is 4.94. The summed E-state index contributed by atoms with van der Waals surface area (Å²) in [4.78, 5) is 16.6. The summed E-state index contributed by atoms with van der Waals surface area (Å²) < 4.78 is 0. The fourth-order valence-corrected chi connectivity index (χ4v) is 3.46. The maximum atomic E-state index is 12.4. The first kappa shape index (κ1) is 13.6. The van der Waals surface area contributed by atoms with Crippen molar-refractivity contribution in [3.05, 3.63) is 21.9 Å². The largest absolute Gasteiger partial charge is 0.338 e. The Hall–Kier alpha value is -0.870. The van der Waals surface area contributed by atoms with E-state index in [1.807, 2.05) is 18.0 Å². The lowest BCUT2D eigenvalue weighted by atomic mass is 9.98. The number of likely N-dealkylation sites (tertiary alicyclic amines) is 1. The number of hydrogen-bond acceptors (Lipinski definition) is 3. The van der Waals surface area contributed by atoms with Crippen LogP contribution in [0.4, 0.5) is 0 Å². The van der Waals surface area contributed by atoms with Gasteiger partial charge in [0.25, 0.3) is 5.91 Å². The number of rotatable bonds is 4. The number of nitrogens with zero attached hydrogens (tertiary/aromatic N) is 1. The van der Waals surface area contributed by atoms with Crippen molar-refractivity contribution in [1.29, 1.82) is 0 Å². The Morgan fingerprint density at radius 2 is 2.39 bits per heavy atom. The van der Waals surface area contributed by atoms with Gasteiger partial charge in [-0.15, -0.1) is 11.3 Å². The molecule has 0 bridgehead atoms. The van der Waals surface area contributed by atoms with Crippen LogP contribution in [0.5, 0.6) is 0 Å². The summed E-state index contributed by atoms with van der Waals surface area (Å²) in [7, 11) is 1.98. The quantitative estimate of drug-likeness (QED) is 0.907. The fraction of sp³-hybridized carbons (Fsp3) is 0.643. The maximum absolute atomic E-state index is 12.4. The Morgan fingerprint density at radius 3 is 3.06 bits per heavy atom. The van der Waals surface area contributed by atoms with Crippen molar-refractivity contribution in [3.8, 4) is 0 Å². The third-order valence-corrected chi connectivity index (χ3v) is 4.74. The molecule has 100 valence electrons. The number of carbonyl (C=O) groups excluding carboxylic acids is 1. The van der Waals surface area contributed by atoms with Crippen LogP contribution in [0, 0.1) is 5.92 Å². The van der Waals surface area contributed by atoms with E-state index < -0.39 is 0 Å². The molecule has 1 aliphatic heterocycles. The van der Waals surface area contributed by atoms with Gasteiger partial charge in [-0.05, 0) is 50.9 Å². The number of amides is 1. The molecule has 1 fully saturated rings. The van der Waals surface area contributed by atoms with Crippen molar-refractivity contribution in [2.45, 2.75) is 26.2 Å². The Labute approximate surface area is 113 Å². The lowest BCUT2D eigenvalue weighted by Crippen LogP contribution is -2.42. The summed E-state index contributed by atoms with van der Waals surface area (Å²) in [5.74, 6) is 0.832. The lowest BCUT2D eigenvalue weighted by molar-refractivity contribution is 0.0679. The van der Waals surface area contributed by atoms with Crippen LogP contribution >= 0.6 is 11.3 Å². The summed E-state index contributed by atoms with van der Waals surface area (Å²) >= 11 is 1.64. The molecule has 2 heterocycles. The van der Waals surface area contributed by atoms with Crippen molar-refractivity contribution in [3.63, 3.8) is 0 Å². The molecule has 4 heteroatoms. The van der Waals surface area contributed by atoms with E-state index in [4.69, 9.17) is 0 Å². The van der Waals surface area contributed by atoms with Crippen LogP contribution in [0.25, 0.3) is 0 Å². The Morgan fingerprint density at radius 1 is 1.56 bits per heavy atom. The predicted octanol–water partition coefficient (Wildman–Crippen LogP) is 2.38. The van der Waals surface area contributed by atoms with E-state index >= 15 is 0 Å². The van der Waals surface area contributed by atoms with E-state index in [0.29, 0.717) is 5.92 Å². The van der Waals surface area contributed by atoms with Gasteiger partial charge in [-0.3, -0.25) is 4.79 Å². The molecular formula is C14H22N2OS. The molecule has 1 unspecified atom stereocenters. The van der Waals surface area contributed by atoms with Gasteiger partial charge < -0.3 is 10.2 Å². The SMILES string of the molecule is CCc1ccc(C(=O)N2CCCC(CNC)C2)s1. The average molecular weight is 266 g/mol. The van der Waals surface area contributed by atoms with Gasteiger partial charge in [0.2, 0.25) is 0 Å². The van der Waals surface area contributed by atoms with Gasteiger partial charge in [-0.25, -0.2) is 0 Å². The van der Waals surface area contributed by atoms with Crippen molar-refractivity contribution >= 4 is 17.2 Å². The molecule has 1 amide bonds. The highest BCUT2D eigenvalue weighted by Gasteiger charge is 2.24. The molecular weight excluding hydrogens is 244 g/mol. The minimum absolute atomic E-state index is 0.223. The third-order valence-electron chi connectivity index (χ3n) is 3.52. The molecule has 3 nitrogen and oxygen atoms in total. The van der Waals surface area contributed by atoms with Crippen LogP contribution in [0.1, 0.15) is 34.3 Å². The van der Waals surface area contributed by atoms with Gasteiger partial charge in [0.05, 0.1) is 4.88 Å². The zero-order valence-electron chi connectivity index (χ0n) is 11.2. The Bertz CT molecular complexity index is 400. The first-order valence-corrected chi connectivity index (χ1v) is 7.58. The highest BCUT2D eigenvalue weighted by atomic mass is 32.1. The average Bonchev–Trinajstić information content (AvgIpc) is 2.87. The van der Waals surface area contributed by atoms with Crippen molar-refractivity contribution in [1.82, 2.24) is 10.2 Å². The molecule has 0 spiro atoms. The molecule has 1 atom stereocenters. The Balaban J connectivity index is 1.99. The van der Waals surface area contributed by atoms with E-state index in [-0.39, 0.29) is 5.91 Å². The minimum atomic E-state index is 0.223. The zero-order chi connectivity index (χ0) is 13.0. The second-order valence-corrected chi connectivity index (χ2v) is 6.10. The molecule has 1 aromatic rings. The van der Waals surface area contributed by atoms with E-state index in [1.54, 1.807) is 11.3 Å². The standard InChI is InChI=1S/C14H22N2OS/c1-3-12-6-7-13(18-12)14(17)16-8-4-5-11(10-16)9-15-2/h6-7,11,15H,3-5,8-10H2,1-2H3. The van der Waals surface area contributed by atoms with Gasteiger partial charge in [0.1, 0.15) is 0 Å². The van der Waals surface area contributed by atoms with Crippen LogP contribution in [0.2, 0.25) is 0 Å². The van der Waals surface area contributed by atoms with E-state index in [9.17, 15) is 4.79 Å². The van der Waals surface area contributed by atoms with Crippen molar-refractivity contribution in [2.24, 2.45) is 5.92 Å². The molecule has 1 saturated heterocycles. The molecule has 1 N–H and O–H groups in total. The first-order chi connectivity index (χ1) is 8.74. The van der Waals surface area contributed by atoms with Crippen LogP contribution in [-0.4, -0.2) is 37.5 Å². The van der Waals surface area contributed by atoms with E-state index in [1.165, 1.54) is 11.3 Å². The second kappa shape index (κ2) is 6.34. The Kier molecular flexibility index (Phi) is 4.78. The maximum Gasteiger partial charge on any atom is 0.263 e. The normalized spacial score (nSPS) is 20.1. The molecule has 0 saturated carbocycles. The fourth-order valence-electron chi connectivity index (χ4n) is 2.54. The number of hydrogen-bond donors (Lipinski definition) is 1. The van der Waals surface area contributed by atoms with Crippen LogP contribution in [0.3, 0.4) is 0 Å². The van der Waals surface area contributed by atoms with Crippen molar-refractivity contribution < 1.29 is 4.79 Å². The molecule has 0 radical (unpaired) electrons. The van der Waals surface area contributed by atoms with Crippen LogP contribution in [-0.2, 0) is 6.42 Å². The molecule has 0 aromatic carbocycles. The monoisotopic (exact) mass is 266 g/mol. The summed E-state index contributed by atoms with van der Waals surface area (Å²) in [6.45, 7) is 4.95. The number of thiophene rings is 1. The number of aryl methyl sites for hydroxylation is 1. The highest BCUT2D eigenvalue weighted by Crippen LogP contribution is 2.22. The lowest BCUT2D eigenvalue weighted by Gasteiger charge is -2.32. The molecule has 0 aliphatic carbocycles. The first-order valence-electron chi connectivity index (χ1n) is 6.77. The van der Waals surface area contributed by atoms with Gasteiger partial charge in [-0.2, -0.15) is 0 Å². The molecule has 1 aliphatic rings. The highest BCUT2D eigenvalue weighted by molar-refractivity contribution is 7.14. The van der Waals surface area contributed by atoms with E-state index in [2.05, 4.69) is 18.3 Å². The third kappa shape index (κ3) is 3.12. The van der Waals surface area contributed by atoms with Gasteiger partial charge >= 0.3 is 0 Å². The summed E-state index contributed by atoms with van der Waals surface area (Å²) in [5.41, 5.74) is 0. The number of carbonyl (C=O) groups is 1. The minimum Gasteiger partial charge on any atom is -0.338 e. The summed E-state index contributed by atoms with van der Waals surface area (Å²) in [6, 6.07) is 4.06. The number of nitrogens with one attached hydrogen (secondary N) is 1. The zero-order valence-corrected chi connectivity index (χ0v) is 12.1. The van der Waals surface area contributed by atoms with Gasteiger partial charge in [0.15, 0.2) is 0 Å². The van der Waals surface area contributed by atoms with Crippen LogP contribution in [0.15, 0.2) is 12.1 Å². The molecule has 1 aromatic heterocycles. The summed E-state index contributed by atoms with van der Waals surface area (Å²) in [6.07, 6.45) is 3.37. The molecule has 18 heavy (non-hydrogen) atoms. The van der Waals surface area contributed by atoms with Gasteiger partial charge in [0, 0.05) is 18.0 Å². The number of piperidine rings is 1. The van der Waals surface area contributed by atoms with Crippen molar-refractivity contribution in [2.75, 3.05) is 26.7 Å². The van der Waals surface area contributed by atoms with E-state index in [0.717, 1.165) is 37.4 Å². The predicted molar refractivity (Wildman–Crippen MR) is 76.3 cm³/mol. The van der Waals surface area contributed by atoms with Gasteiger partial charge in [-0.1, -0.05) is 6.92 Å². The van der Waals surface area contributed by atoms with Crippen LogP contribution < -0.4 is 5.32 Å². The topological polar surface area (TPSA) is 32.3 Å². The smallest absolute Gasteiger partial charge is 0.263 e. The summed E-state index contributed by atoms with van der Waals surface area (Å²) in [5, 5.41) is 3.21.